The van der Waals surface area contributed by atoms with E-state index in [2.05, 4.69) is 15.0 Å². The Kier molecular flexibility index (Phi) is 8.09. The van der Waals surface area contributed by atoms with Crippen LogP contribution in [0.3, 0.4) is 0 Å². The standard InChI is InChI=1S/C25H22ClF3N4O6S2/c26-16-3-1-15-10-18(4-2-14(15)9-16)41(37,38)33-7-5-32(6-8-33)23(35)22-31-19-11-17(30-13-20(19)40-22)12-21(34)39-24(36)25(27,28)29/h1-4,9-10,17,30H,5-8,11-13H2. The Morgan fingerprint density at radius 3 is 2.46 bits per heavy atom. The van der Waals surface area contributed by atoms with Crippen molar-refractivity contribution in [1.82, 2.24) is 19.5 Å². The Morgan fingerprint density at radius 1 is 1.07 bits per heavy atom. The Labute approximate surface area is 241 Å². The SMILES string of the molecule is O=C(CC1Cc2nc(C(=O)N3CCN(S(=O)(=O)c4ccc5cc(Cl)ccc5c4)CC3)sc2CN1)OC(=O)C(F)(F)F. The van der Waals surface area contributed by atoms with Crippen LogP contribution in [-0.4, -0.2) is 78.8 Å². The molecule has 1 unspecified atom stereocenters. The fourth-order valence-electron chi connectivity index (χ4n) is 4.63. The first-order valence-electron chi connectivity index (χ1n) is 12.3. The normalized spacial score (nSPS) is 18.2. The topological polar surface area (TPSA) is 126 Å². The van der Waals surface area contributed by atoms with E-state index in [0.29, 0.717) is 10.7 Å². The number of benzene rings is 2. The molecule has 10 nitrogen and oxygen atoms in total. The Hall–Kier alpha value is -3.11. The van der Waals surface area contributed by atoms with Gasteiger partial charge in [-0.2, -0.15) is 17.5 Å². The maximum Gasteiger partial charge on any atom is 0.491 e. The monoisotopic (exact) mass is 630 g/mol. The summed E-state index contributed by atoms with van der Waals surface area (Å²) in [5.41, 5.74) is 0.524. The first kappa shape index (κ1) is 29.4. The van der Waals surface area contributed by atoms with E-state index in [0.717, 1.165) is 27.0 Å². The van der Waals surface area contributed by atoms with Crippen LogP contribution in [0.5, 0.6) is 0 Å². The molecule has 3 aromatic rings. The second-order valence-electron chi connectivity index (χ2n) is 9.48. The molecule has 1 fully saturated rings. The fraction of sp³-hybridized carbons (Fsp3) is 0.360. The molecule has 1 atom stereocenters. The molecule has 0 spiro atoms. The fourth-order valence-corrected chi connectivity index (χ4v) is 7.28. The van der Waals surface area contributed by atoms with Gasteiger partial charge in [-0.25, -0.2) is 18.2 Å². The zero-order valence-electron chi connectivity index (χ0n) is 21.1. The van der Waals surface area contributed by atoms with Gasteiger partial charge in [0.1, 0.15) is 0 Å². The Balaban J connectivity index is 1.18. The van der Waals surface area contributed by atoms with Gasteiger partial charge < -0.3 is 15.0 Å². The summed E-state index contributed by atoms with van der Waals surface area (Å²) in [5, 5.41) is 5.27. The lowest BCUT2D eigenvalue weighted by atomic mass is 10.0. The second-order valence-corrected chi connectivity index (χ2v) is 12.9. The van der Waals surface area contributed by atoms with Crippen molar-refractivity contribution in [2.24, 2.45) is 0 Å². The molecular formula is C25H22ClF3N4O6S2. The van der Waals surface area contributed by atoms with Gasteiger partial charge in [0.15, 0.2) is 5.01 Å². The van der Waals surface area contributed by atoms with Gasteiger partial charge in [-0.05, 0) is 35.0 Å². The number of esters is 2. The highest BCUT2D eigenvalue weighted by atomic mass is 35.5. The number of nitrogens with zero attached hydrogens (tertiary/aromatic N) is 3. The molecule has 5 rings (SSSR count). The molecule has 2 aromatic carbocycles. The van der Waals surface area contributed by atoms with Crippen LogP contribution < -0.4 is 5.32 Å². The van der Waals surface area contributed by atoms with Crippen LogP contribution in [0.25, 0.3) is 10.8 Å². The molecule has 0 saturated carbocycles. The van der Waals surface area contributed by atoms with Crippen molar-refractivity contribution < 1.29 is 40.7 Å². The third-order valence-corrected chi connectivity index (χ3v) is 9.96. The number of sulfonamides is 1. The quantitative estimate of drug-likeness (QED) is 0.337. The molecule has 218 valence electrons. The molecule has 0 radical (unpaired) electrons. The number of ether oxygens (including phenoxy) is 1. The lowest BCUT2D eigenvalue weighted by Gasteiger charge is -2.33. The summed E-state index contributed by atoms with van der Waals surface area (Å²) in [5.74, 6) is -4.26. The van der Waals surface area contributed by atoms with Gasteiger partial charge in [0.05, 0.1) is 17.0 Å². The van der Waals surface area contributed by atoms with Crippen LogP contribution in [0.2, 0.25) is 5.02 Å². The van der Waals surface area contributed by atoms with Gasteiger partial charge in [0.2, 0.25) is 10.0 Å². The number of hydrogen-bond donors (Lipinski definition) is 1. The predicted molar refractivity (Wildman–Crippen MR) is 142 cm³/mol. The number of carbonyl (C=O) groups is 3. The largest absolute Gasteiger partial charge is 0.491 e. The highest BCUT2D eigenvalue weighted by molar-refractivity contribution is 7.89. The van der Waals surface area contributed by atoms with E-state index in [-0.39, 0.29) is 55.0 Å². The zero-order valence-corrected chi connectivity index (χ0v) is 23.5. The number of rotatable bonds is 5. The van der Waals surface area contributed by atoms with Crippen LogP contribution in [0, 0.1) is 0 Å². The van der Waals surface area contributed by atoms with Gasteiger partial charge in [0.25, 0.3) is 5.91 Å². The van der Waals surface area contributed by atoms with E-state index in [1.165, 1.54) is 15.3 Å². The smallest absolute Gasteiger partial charge is 0.386 e. The average molecular weight is 631 g/mol. The van der Waals surface area contributed by atoms with Crippen LogP contribution in [0.4, 0.5) is 13.2 Å². The molecule has 3 heterocycles. The summed E-state index contributed by atoms with van der Waals surface area (Å²) in [6, 6.07) is 9.38. The number of hydrogen-bond acceptors (Lipinski definition) is 9. The third-order valence-electron chi connectivity index (χ3n) is 6.74. The molecular weight excluding hydrogens is 609 g/mol. The molecule has 1 amide bonds. The predicted octanol–water partition coefficient (Wildman–Crippen LogP) is 3.13. The summed E-state index contributed by atoms with van der Waals surface area (Å²) >= 11 is 7.16. The number of halogens is 4. The Morgan fingerprint density at radius 2 is 1.76 bits per heavy atom. The minimum atomic E-state index is -5.27. The highest BCUT2D eigenvalue weighted by Crippen LogP contribution is 2.28. The van der Waals surface area contributed by atoms with Crippen LogP contribution in [0.15, 0.2) is 41.3 Å². The number of thiazole rings is 1. The first-order chi connectivity index (χ1) is 19.3. The summed E-state index contributed by atoms with van der Waals surface area (Å²) in [4.78, 5) is 42.5. The number of amides is 1. The van der Waals surface area contributed by atoms with Gasteiger partial charge in [0, 0.05) is 55.1 Å². The molecule has 1 saturated heterocycles. The van der Waals surface area contributed by atoms with E-state index >= 15 is 0 Å². The molecule has 1 N–H and O–H groups in total. The van der Waals surface area contributed by atoms with Crippen molar-refractivity contribution in [3.05, 3.63) is 57.0 Å². The van der Waals surface area contributed by atoms with Gasteiger partial charge in [-0.3, -0.25) is 9.59 Å². The summed E-state index contributed by atoms with van der Waals surface area (Å²) in [6.45, 7) is 0.743. The van der Waals surface area contributed by atoms with Crippen molar-refractivity contribution in [1.29, 1.82) is 0 Å². The van der Waals surface area contributed by atoms with Gasteiger partial charge >= 0.3 is 18.1 Å². The van der Waals surface area contributed by atoms with E-state index < -0.39 is 40.6 Å². The molecule has 0 aliphatic carbocycles. The molecule has 16 heteroatoms. The van der Waals surface area contributed by atoms with E-state index in [9.17, 15) is 36.0 Å². The number of carbonyl (C=O) groups excluding carboxylic acids is 3. The van der Waals surface area contributed by atoms with E-state index in [1.54, 1.807) is 30.3 Å². The van der Waals surface area contributed by atoms with Crippen molar-refractivity contribution >= 4 is 61.6 Å². The number of piperazine rings is 1. The first-order valence-corrected chi connectivity index (χ1v) is 15.0. The van der Waals surface area contributed by atoms with Crippen LogP contribution in [0.1, 0.15) is 26.8 Å². The molecule has 2 aliphatic rings. The molecule has 41 heavy (non-hydrogen) atoms. The molecule has 1 aromatic heterocycles. The summed E-state index contributed by atoms with van der Waals surface area (Å²) < 4.78 is 68.6. The lowest BCUT2D eigenvalue weighted by Crippen LogP contribution is -2.50. The second kappa shape index (κ2) is 11.3. The number of nitrogens with one attached hydrogen (secondary N) is 1. The lowest BCUT2D eigenvalue weighted by molar-refractivity contribution is -0.202. The van der Waals surface area contributed by atoms with Crippen molar-refractivity contribution in [3.8, 4) is 0 Å². The number of aromatic nitrogens is 1. The summed E-state index contributed by atoms with van der Waals surface area (Å²) in [7, 11) is -3.79. The van der Waals surface area contributed by atoms with Crippen LogP contribution >= 0.6 is 22.9 Å². The minimum absolute atomic E-state index is 0.0974. The van der Waals surface area contributed by atoms with Gasteiger partial charge in [-0.1, -0.05) is 23.7 Å². The maximum atomic E-state index is 13.3. The number of alkyl halides is 3. The Bertz CT molecular complexity index is 1640. The molecule has 0 bridgehead atoms. The van der Waals surface area contributed by atoms with Gasteiger partial charge in [-0.15, -0.1) is 11.3 Å². The van der Waals surface area contributed by atoms with E-state index in [4.69, 9.17) is 11.6 Å². The van der Waals surface area contributed by atoms with Crippen molar-refractivity contribution in [2.75, 3.05) is 26.2 Å². The highest BCUT2D eigenvalue weighted by Gasteiger charge is 2.42. The number of fused-ring (bicyclic) bond motifs is 2. The van der Waals surface area contributed by atoms with E-state index in [1.807, 2.05) is 0 Å². The zero-order chi connectivity index (χ0) is 29.5. The van der Waals surface area contributed by atoms with Crippen LogP contribution in [-0.2, 0) is 37.3 Å². The average Bonchev–Trinajstić information content (AvgIpc) is 3.35. The molecule has 2 aliphatic heterocycles. The maximum absolute atomic E-state index is 13.3. The third kappa shape index (κ3) is 6.38. The summed E-state index contributed by atoms with van der Waals surface area (Å²) in [6.07, 6.45) is -5.60. The van der Waals surface area contributed by atoms with Crippen molar-refractivity contribution in [2.45, 2.75) is 36.5 Å². The van der Waals surface area contributed by atoms with Crippen molar-refractivity contribution in [3.63, 3.8) is 0 Å². The minimum Gasteiger partial charge on any atom is -0.386 e.